The van der Waals surface area contributed by atoms with Crippen molar-refractivity contribution in [1.82, 2.24) is 5.43 Å². The summed E-state index contributed by atoms with van der Waals surface area (Å²) in [6.07, 6.45) is 1.46. The number of carbonyl (C=O) groups is 2. The maximum Gasteiger partial charge on any atom is 0.307 e. The molecule has 0 fully saturated rings. The molecule has 1 heterocycles. The summed E-state index contributed by atoms with van der Waals surface area (Å²) in [5.41, 5.74) is 4.11. The summed E-state index contributed by atoms with van der Waals surface area (Å²) in [4.78, 5) is 24.8. The number of ether oxygens (including phenoxy) is 3. The average Bonchev–Trinajstić information content (AvgIpc) is 3.34. The van der Waals surface area contributed by atoms with Crippen molar-refractivity contribution < 1.29 is 32.6 Å². The average molecular weight is 645 g/mol. The van der Waals surface area contributed by atoms with Crippen LogP contribution in [-0.2, 0) is 4.79 Å². The van der Waals surface area contributed by atoms with E-state index in [9.17, 15) is 14.0 Å². The van der Waals surface area contributed by atoms with Crippen molar-refractivity contribution in [2.24, 2.45) is 5.10 Å². The molecular weight excluding hydrogens is 620 g/mol. The van der Waals surface area contributed by atoms with Crippen LogP contribution in [0, 0.1) is 9.39 Å². The topological polar surface area (TPSA) is 111 Å². The summed E-state index contributed by atoms with van der Waals surface area (Å²) in [5.74, 6) is 0.296. The maximum absolute atomic E-state index is 13.1. The van der Waals surface area contributed by atoms with Crippen molar-refractivity contribution in [2.75, 3.05) is 25.1 Å². The number of benzene rings is 3. The van der Waals surface area contributed by atoms with Crippen LogP contribution in [-0.4, -0.2) is 37.8 Å². The summed E-state index contributed by atoms with van der Waals surface area (Å²) >= 11 is 2.06. The number of hydrazone groups is 1. The molecule has 0 unspecified atom stereocenters. The number of anilines is 1. The number of amides is 2. The first-order valence-corrected chi connectivity index (χ1v) is 13.1. The molecule has 4 rings (SSSR count). The lowest BCUT2D eigenvalue weighted by Crippen LogP contribution is -2.20. The van der Waals surface area contributed by atoms with Crippen LogP contribution in [0.2, 0.25) is 0 Å². The molecule has 0 radical (unpaired) electrons. The second-order valence-corrected chi connectivity index (χ2v) is 9.21. The molecule has 3 aromatic carbocycles. The van der Waals surface area contributed by atoms with Crippen LogP contribution in [0.25, 0.3) is 11.0 Å². The smallest absolute Gasteiger partial charge is 0.307 e. The fourth-order valence-electron chi connectivity index (χ4n) is 3.54. The van der Waals surface area contributed by atoms with Gasteiger partial charge in [0, 0.05) is 11.1 Å². The summed E-state index contributed by atoms with van der Waals surface area (Å²) in [6, 6.07) is 15.8. The Labute approximate surface area is 237 Å². The summed E-state index contributed by atoms with van der Waals surface area (Å²) in [5, 5.41) is 7.42. The van der Waals surface area contributed by atoms with Gasteiger partial charge in [-0.25, -0.2) is 9.82 Å². The van der Waals surface area contributed by atoms with Gasteiger partial charge in [-0.05, 0) is 103 Å². The zero-order valence-corrected chi connectivity index (χ0v) is 23.3. The van der Waals surface area contributed by atoms with E-state index in [-0.39, 0.29) is 12.4 Å². The number of halogens is 2. The highest BCUT2D eigenvalue weighted by Gasteiger charge is 2.15. The lowest BCUT2D eigenvalue weighted by atomic mass is 10.2. The van der Waals surface area contributed by atoms with E-state index < -0.39 is 17.6 Å². The van der Waals surface area contributed by atoms with Crippen molar-refractivity contribution in [1.29, 1.82) is 0 Å². The highest BCUT2D eigenvalue weighted by molar-refractivity contribution is 14.1. The minimum atomic E-state index is -0.507. The van der Waals surface area contributed by atoms with Crippen molar-refractivity contribution in [3.8, 4) is 17.2 Å². The van der Waals surface area contributed by atoms with Gasteiger partial charge >= 0.3 is 5.91 Å². The summed E-state index contributed by atoms with van der Waals surface area (Å²) < 4.78 is 36.3. The van der Waals surface area contributed by atoms with Crippen molar-refractivity contribution in [3.05, 3.63) is 81.4 Å². The predicted octanol–water partition coefficient (Wildman–Crippen LogP) is 5.76. The van der Waals surface area contributed by atoms with Crippen LogP contribution in [0.4, 0.5) is 10.1 Å². The summed E-state index contributed by atoms with van der Waals surface area (Å²) in [7, 11) is 0. The van der Waals surface area contributed by atoms with E-state index in [1.807, 2.05) is 13.8 Å². The van der Waals surface area contributed by atoms with E-state index in [1.165, 1.54) is 30.5 Å². The second-order valence-electron chi connectivity index (χ2n) is 8.05. The monoisotopic (exact) mass is 645 g/mol. The number of fused-ring (bicyclic) bond motifs is 1. The van der Waals surface area contributed by atoms with E-state index in [0.717, 1.165) is 5.39 Å². The zero-order valence-electron chi connectivity index (χ0n) is 21.1. The van der Waals surface area contributed by atoms with Gasteiger partial charge in [0.25, 0.3) is 5.91 Å². The predicted molar refractivity (Wildman–Crippen MR) is 153 cm³/mol. The first kappa shape index (κ1) is 27.9. The largest absolute Gasteiger partial charge is 0.494 e. The molecule has 2 amide bonds. The third-order valence-electron chi connectivity index (χ3n) is 5.21. The first-order chi connectivity index (χ1) is 18.9. The lowest BCUT2D eigenvalue weighted by Gasteiger charge is -2.14. The van der Waals surface area contributed by atoms with Crippen LogP contribution in [0.1, 0.15) is 30.0 Å². The van der Waals surface area contributed by atoms with Crippen molar-refractivity contribution in [3.63, 3.8) is 0 Å². The van der Waals surface area contributed by atoms with Gasteiger partial charge in [0.1, 0.15) is 17.1 Å². The van der Waals surface area contributed by atoms with E-state index in [0.29, 0.717) is 50.9 Å². The molecule has 0 atom stereocenters. The Morgan fingerprint density at radius 1 is 1.00 bits per heavy atom. The van der Waals surface area contributed by atoms with Gasteiger partial charge in [0.05, 0.1) is 23.0 Å². The highest BCUT2D eigenvalue weighted by atomic mass is 127. The van der Waals surface area contributed by atoms with Gasteiger partial charge in [0.15, 0.2) is 23.9 Å². The maximum atomic E-state index is 13.1. The first-order valence-electron chi connectivity index (χ1n) is 12.0. The molecule has 2 N–H and O–H groups in total. The Bertz CT molecular complexity index is 1500. The summed E-state index contributed by atoms with van der Waals surface area (Å²) in [6.45, 7) is 4.34. The zero-order chi connectivity index (χ0) is 27.8. The number of furan rings is 1. The third kappa shape index (κ3) is 7.47. The fraction of sp³-hybridized carbons (Fsp3) is 0.179. The van der Waals surface area contributed by atoms with Gasteiger partial charge in [-0.15, -0.1) is 0 Å². The molecule has 0 spiro atoms. The molecule has 4 aromatic rings. The Morgan fingerprint density at radius 3 is 2.51 bits per heavy atom. The molecule has 9 nitrogen and oxygen atoms in total. The van der Waals surface area contributed by atoms with Crippen LogP contribution in [0.3, 0.4) is 0 Å². The minimum absolute atomic E-state index is 0.114. The normalized spacial score (nSPS) is 11.0. The van der Waals surface area contributed by atoms with Crippen LogP contribution < -0.4 is 25.0 Å². The standard InChI is InChI=1S/C28H25FIN3O6/c1-3-36-21-9-10-23-18(13-21)14-25(39-23)28(35)33-31-15-17-11-22(30)27(24(12-17)37-4-2)38-16-26(34)32-20-7-5-19(29)6-8-20/h5-15H,3-4,16H2,1-2H3,(H,32,34)(H,33,35)/b31-15+. The fourth-order valence-corrected chi connectivity index (χ4v) is 4.32. The Balaban J connectivity index is 1.40. The van der Waals surface area contributed by atoms with Crippen LogP contribution >= 0.6 is 22.6 Å². The van der Waals surface area contributed by atoms with Gasteiger partial charge in [0.2, 0.25) is 0 Å². The lowest BCUT2D eigenvalue weighted by molar-refractivity contribution is -0.118. The van der Waals surface area contributed by atoms with Gasteiger partial charge in [-0.3, -0.25) is 9.59 Å². The van der Waals surface area contributed by atoms with Crippen LogP contribution in [0.15, 0.2) is 70.2 Å². The molecule has 11 heteroatoms. The SMILES string of the molecule is CCOc1ccc2oc(C(=O)N/N=C/c3cc(I)c(OCC(=O)Nc4ccc(F)cc4)c(OCC)c3)cc2c1. The number of hydrogen-bond donors (Lipinski definition) is 2. The number of rotatable bonds is 11. The molecule has 0 bridgehead atoms. The van der Waals surface area contributed by atoms with E-state index >= 15 is 0 Å². The highest BCUT2D eigenvalue weighted by Crippen LogP contribution is 2.34. The van der Waals surface area contributed by atoms with E-state index in [2.05, 4.69) is 38.4 Å². The number of nitrogens with zero attached hydrogens (tertiary/aromatic N) is 1. The number of hydrogen-bond acceptors (Lipinski definition) is 7. The van der Waals surface area contributed by atoms with E-state index in [1.54, 1.807) is 36.4 Å². The van der Waals surface area contributed by atoms with E-state index in [4.69, 9.17) is 18.6 Å². The Morgan fingerprint density at radius 2 is 1.77 bits per heavy atom. The minimum Gasteiger partial charge on any atom is -0.494 e. The number of nitrogens with one attached hydrogen (secondary N) is 2. The quantitative estimate of drug-likeness (QED) is 0.122. The van der Waals surface area contributed by atoms with Gasteiger partial charge in [-0.2, -0.15) is 5.10 Å². The molecule has 0 saturated carbocycles. The van der Waals surface area contributed by atoms with Gasteiger partial charge < -0.3 is 23.9 Å². The molecule has 202 valence electrons. The molecule has 0 aliphatic rings. The molecule has 1 aromatic heterocycles. The molecule has 39 heavy (non-hydrogen) atoms. The van der Waals surface area contributed by atoms with Gasteiger partial charge in [-0.1, -0.05) is 0 Å². The Hall–Kier alpha value is -4.13. The van der Waals surface area contributed by atoms with Crippen LogP contribution in [0.5, 0.6) is 17.2 Å². The molecule has 0 saturated heterocycles. The number of carbonyl (C=O) groups excluding carboxylic acids is 2. The third-order valence-corrected chi connectivity index (χ3v) is 6.01. The molecule has 0 aliphatic heterocycles. The Kier molecular flexibility index (Phi) is 9.36. The second kappa shape index (κ2) is 13.1. The van der Waals surface area contributed by atoms with Crippen molar-refractivity contribution in [2.45, 2.75) is 13.8 Å². The van der Waals surface area contributed by atoms with Crippen molar-refractivity contribution >= 4 is 57.3 Å². The molecule has 0 aliphatic carbocycles. The molecular formula is C28H25FIN3O6.